The monoisotopic (exact) mass is 328 g/mol. The van der Waals surface area contributed by atoms with Crippen molar-refractivity contribution in [2.45, 2.75) is 52.4 Å². The molecule has 1 fully saturated rings. The number of hydrogen-bond donors (Lipinski definition) is 0. The third kappa shape index (κ3) is 4.03. The molecule has 0 heterocycles. The molecule has 3 rings (SSSR count). The highest BCUT2D eigenvalue weighted by Gasteiger charge is 2.17. The van der Waals surface area contributed by atoms with Gasteiger partial charge in [-0.3, -0.25) is 0 Å². The molecule has 24 heavy (non-hydrogen) atoms. The van der Waals surface area contributed by atoms with Crippen LogP contribution in [-0.4, -0.2) is 0 Å². The molecule has 128 valence electrons. The topological polar surface area (TPSA) is 0 Å². The largest absolute Gasteiger partial charge is 0.207 e. The van der Waals surface area contributed by atoms with Crippen LogP contribution in [0.2, 0.25) is 0 Å². The molecule has 1 aliphatic carbocycles. The Balaban J connectivity index is 1.63. The van der Waals surface area contributed by atoms with Gasteiger partial charge in [0.25, 0.3) is 0 Å². The Kier molecular flexibility index (Phi) is 5.33. The minimum Gasteiger partial charge on any atom is -0.207 e. The standard InChI is InChI=1S/C22H26F2/c1-15-3-5-17(6-4-15)7-8-18-9-11-19(12-10-18)20-13-21(23)16(2)22(24)14-20/h9-15,17H,3-8H2,1-2H3. The predicted octanol–water partition coefficient (Wildman–Crippen LogP) is 6.70. The first-order valence-electron chi connectivity index (χ1n) is 9.08. The van der Waals surface area contributed by atoms with Gasteiger partial charge in [-0.1, -0.05) is 56.9 Å². The lowest BCUT2D eigenvalue weighted by atomic mass is 9.80. The quantitative estimate of drug-likeness (QED) is 0.586. The fourth-order valence-corrected chi connectivity index (χ4v) is 3.66. The van der Waals surface area contributed by atoms with E-state index in [4.69, 9.17) is 0 Å². The summed E-state index contributed by atoms with van der Waals surface area (Å²) in [4.78, 5) is 0. The van der Waals surface area contributed by atoms with E-state index in [1.54, 1.807) is 0 Å². The zero-order chi connectivity index (χ0) is 17.1. The van der Waals surface area contributed by atoms with Crippen molar-refractivity contribution < 1.29 is 8.78 Å². The summed E-state index contributed by atoms with van der Waals surface area (Å²) < 4.78 is 27.4. The lowest BCUT2D eigenvalue weighted by Gasteiger charge is -2.26. The van der Waals surface area contributed by atoms with Crippen LogP contribution in [-0.2, 0) is 6.42 Å². The molecule has 0 nitrogen and oxygen atoms in total. The van der Waals surface area contributed by atoms with E-state index in [0.29, 0.717) is 5.56 Å². The second kappa shape index (κ2) is 7.46. The van der Waals surface area contributed by atoms with Crippen LogP contribution in [0, 0.1) is 30.4 Å². The number of rotatable bonds is 4. The molecule has 0 aliphatic heterocycles. The van der Waals surface area contributed by atoms with Crippen LogP contribution in [0.5, 0.6) is 0 Å². The second-order valence-corrected chi connectivity index (χ2v) is 7.43. The predicted molar refractivity (Wildman–Crippen MR) is 96.0 cm³/mol. The molecule has 0 aromatic heterocycles. The summed E-state index contributed by atoms with van der Waals surface area (Å²) in [6, 6.07) is 11.0. The zero-order valence-electron chi connectivity index (χ0n) is 14.6. The van der Waals surface area contributed by atoms with E-state index in [0.717, 1.165) is 23.8 Å². The zero-order valence-corrected chi connectivity index (χ0v) is 14.6. The molecule has 2 aromatic carbocycles. The Morgan fingerprint density at radius 3 is 2.04 bits per heavy atom. The first kappa shape index (κ1) is 17.1. The van der Waals surface area contributed by atoms with Gasteiger partial charge in [-0.15, -0.1) is 0 Å². The Bertz CT molecular complexity index is 657. The molecule has 0 atom stereocenters. The van der Waals surface area contributed by atoms with E-state index in [9.17, 15) is 8.78 Å². The number of halogens is 2. The maximum Gasteiger partial charge on any atom is 0.129 e. The lowest BCUT2D eigenvalue weighted by Crippen LogP contribution is -2.12. The van der Waals surface area contributed by atoms with Gasteiger partial charge in [-0.2, -0.15) is 0 Å². The van der Waals surface area contributed by atoms with Crippen molar-refractivity contribution >= 4 is 0 Å². The fourth-order valence-electron chi connectivity index (χ4n) is 3.66. The van der Waals surface area contributed by atoms with Gasteiger partial charge in [0.15, 0.2) is 0 Å². The summed E-state index contributed by atoms with van der Waals surface area (Å²) >= 11 is 0. The maximum absolute atomic E-state index is 13.7. The Hall–Kier alpha value is -1.70. The average Bonchev–Trinajstić information content (AvgIpc) is 2.59. The van der Waals surface area contributed by atoms with Gasteiger partial charge in [0.05, 0.1) is 0 Å². The van der Waals surface area contributed by atoms with Gasteiger partial charge in [0, 0.05) is 5.56 Å². The minimum absolute atomic E-state index is 0.0807. The van der Waals surface area contributed by atoms with Crippen LogP contribution in [0.15, 0.2) is 36.4 Å². The molecule has 0 amide bonds. The van der Waals surface area contributed by atoms with Gasteiger partial charge in [0.2, 0.25) is 0 Å². The molecular weight excluding hydrogens is 302 g/mol. The summed E-state index contributed by atoms with van der Waals surface area (Å²) in [6.07, 6.45) is 7.81. The van der Waals surface area contributed by atoms with Crippen LogP contribution in [0.4, 0.5) is 8.78 Å². The highest BCUT2D eigenvalue weighted by Crippen LogP contribution is 2.31. The van der Waals surface area contributed by atoms with Crippen LogP contribution in [0.1, 0.15) is 50.2 Å². The van der Waals surface area contributed by atoms with Gasteiger partial charge in [-0.25, -0.2) is 8.78 Å². The van der Waals surface area contributed by atoms with Crippen LogP contribution in [0.25, 0.3) is 11.1 Å². The number of hydrogen-bond acceptors (Lipinski definition) is 0. The molecule has 0 spiro atoms. The van der Waals surface area contributed by atoms with E-state index in [2.05, 4.69) is 19.1 Å². The normalized spacial score (nSPS) is 21.0. The summed E-state index contributed by atoms with van der Waals surface area (Å²) in [5.74, 6) is 0.790. The van der Waals surface area contributed by atoms with E-state index in [-0.39, 0.29) is 5.56 Å². The van der Waals surface area contributed by atoms with Gasteiger partial charge >= 0.3 is 0 Å². The Morgan fingerprint density at radius 1 is 0.875 bits per heavy atom. The van der Waals surface area contributed by atoms with Crippen LogP contribution >= 0.6 is 0 Å². The molecule has 0 radical (unpaired) electrons. The molecule has 2 aromatic rings. The fraction of sp³-hybridized carbons (Fsp3) is 0.455. The molecule has 0 unspecified atom stereocenters. The Morgan fingerprint density at radius 2 is 1.46 bits per heavy atom. The summed E-state index contributed by atoms with van der Waals surface area (Å²) in [5.41, 5.74) is 2.86. The van der Waals surface area contributed by atoms with Crippen molar-refractivity contribution in [1.82, 2.24) is 0 Å². The van der Waals surface area contributed by atoms with Crippen LogP contribution < -0.4 is 0 Å². The average molecular weight is 328 g/mol. The van der Waals surface area contributed by atoms with Crippen LogP contribution in [0.3, 0.4) is 0 Å². The minimum atomic E-state index is -0.486. The first-order chi connectivity index (χ1) is 11.5. The molecule has 0 saturated heterocycles. The van der Waals surface area contributed by atoms with Crippen molar-refractivity contribution in [3.8, 4) is 11.1 Å². The smallest absolute Gasteiger partial charge is 0.129 e. The molecule has 2 heteroatoms. The van der Waals surface area contributed by atoms with Crippen molar-refractivity contribution in [1.29, 1.82) is 0 Å². The van der Waals surface area contributed by atoms with E-state index < -0.39 is 11.6 Å². The van der Waals surface area contributed by atoms with E-state index >= 15 is 0 Å². The summed E-state index contributed by atoms with van der Waals surface area (Å²) in [6.45, 7) is 3.81. The highest BCUT2D eigenvalue weighted by atomic mass is 19.1. The second-order valence-electron chi connectivity index (χ2n) is 7.43. The molecule has 0 bridgehead atoms. The van der Waals surface area contributed by atoms with Crippen molar-refractivity contribution in [2.24, 2.45) is 11.8 Å². The highest BCUT2D eigenvalue weighted by molar-refractivity contribution is 5.64. The summed E-state index contributed by atoms with van der Waals surface area (Å²) in [7, 11) is 0. The van der Waals surface area contributed by atoms with E-state index in [1.807, 2.05) is 12.1 Å². The number of benzene rings is 2. The lowest BCUT2D eigenvalue weighted by molar-refractivity contribution is 0.278. The summed E-state index contributed by atoms with van der Waals surface area (Å²) in [5, 5.41) is 0. The SMILES string of the molecule is Cc1c(F)cc(-c2ccc(CCC3CCC(C)CC3)cc2)cc1F. The Labute approximate surface area is 143 Å². The van der Waals surface area contributed by atoms with Gasteiger partial charge in [0.1, 0.15) is 11.6 Å². The maximum atomic E-state index is 13.7. The van der Waals surface area contributed by atoms with E-state index in [1.165, 1.54) is 56.7 Å². The first-order valence-corrected chi connectivity index (χ1v) is 9.08. The molecular formula is C22H26F2. The molecule has 1 aliphatic rings. The van der Waals surface area contributed by atoms with Crippen molar-refractivity contribution in [2.75, 3.05) is 0 Å². The number of aryl methyl sites for hydroxylation is 1. The van der Waals surface area contributed by atoms with Gasteiger partial charge < -0.3 is 0 Å². The van der Waals surface area contributed by atoms with Crippen molar-refractivity contribution in [3.05, 3.63) is 59.2 Å². The molecule has 0 N–H and O–H groups in total. The third-order valence-electron chi connectivity index (χ3n) is 5.54. The molecule has 1 saturated carbocycles. The van der Waals surface area contributed by atoms with Crippen molar-refractivity contribution in [3.63, 3.8) is 0 Å². The van der Waals surface area contributed by atoms with Gasteiger partial charge in [-0.05, 0) is 60.4 Å². The third-order valence-corrected chi connectivity index (χ3v) is 5.54.